The van der Waals surface area contributed by atoms with E-state index >= 15 is 0 Å². The fourth-order valence-electron chi connectivity index (χ4n) is 1.13. The summed E-state index contributed by atoms with van der Waals surface area (Å²) in [5.74, 6) is -3.16. The van der Waals surface area contributed by atoms with Gasteiger partial charge in [0.15, 0.2) is 0 Å². The molecular weight excluding hydrogens is 296 g/mol. The van der Waals surface area contributed by atoms with Crippen LogP contribution in [0.1, 0.15) is 47.4 Å². The third-order valence-corrected chi connectivity index (χ3v) is 2.35. The molecule has 8 heteroatoms. The maximum Gasteiger partial charge on any atom is 0.386 e. The molecule has 0 N–H and O–H groups in total. The lowest BCUT2D eigenvalue weighted by molar-refractivity contribution is -0.233. The van der Waals surface area contributed by atoms with E-state index in [0.717, 1.165) is 0 Å². The van der Waals surface area contributed by atoms with E-state index < -0.39 is 23.9 Å². The molecule has 0 saturated carbocycles. The molecule has 0 heterocycles. The third kappa shape index (κ3) is 5.23. The van der Waals surface area contributed by atoms with Gasteiger partial charge in [0.05, 0.1) is 11.1 Å². The van der Waals surface area contributed by atoms with Crippen molar-refractivity contribution in [2.45, 2.75) is 26.7 Å². The van der Waals surface area contributed by atoms with E-state index in [0.29, 0.717) is 0 Å². The number of rotatable bonds is 4. The van der Waals surface area contributed by atoms with Gasteiger partial charge in [-0.15, -0.1) is 0 Å². The monoisotopic (exact) mass is 310 g/mol. The normalized spacial score (nSPS) is 9.55. The van der Waals surface area contributed by atoms with Crippen molar-refractivity contribution >= 4 is 23.9 Å². The Labute approximate surface area is 125 Å². The quantitative estimate of drug-likeness (QED) is 0.611. The SMILES string of the molecule is CCC(=O)OOC(=O)c1ccc(C(=O)OOC(=O)CC)cc1. The highest BCUT2D eigenvalue weighted by Crippen LogP contribution is 2.08. The van der Waals surface area contributed by atoms with E-state index in [1.807, 2.05) is 0 Å². The molecule has 118 valence electrons. The molecule has 0 spiro atoms. The molecule has 0 aliphatic rings. The first-order valence-electron chi connectivity index (χ1n) is 6.41. The maximum atomic E-state index is 11.5. The predicted octanol–water partition coefficient (Wildman–Crippen LogP) is 1.74. The molecule has 0 fully saturated rings. The smallest absolute Gasteiger partial charge is 0.247 e. The molecule has 1 rings (SSSR count). The zero-order chi connectivity index (χ0) is 16.5. The molecule has 8 nitrogen and oxygen atoms in total. The zero-order valence-electron chi connectivity index (χ0n) is 12.0. The van der Waals surface area contributed by atoms with Gasteiger partial charge in [0, 0.05) is 12.8 Å². The highest BCUT2D eigenvalue weighted by molar-refractivity contribution is 5.93. The lowest BCUT2D eigenvalue weighted by atomic mass is 10.1. The Morgan fingerprint density at radius 2 is 1.00 bits per heavy atom. The molecule has 0 saturated heterocycles. The maximum absolute atomic E-state index is 11.5. The summed E-state index contributed by atoms with van der Waals surface area (Å²) in [6, 6.07) is 5.06. The van der Waals surface area contributed by atoms with Gasteiger partial charge in [-0.1, -0.05) is 13.8 Å². The van der Waals surface area contributed by atoms with Crippen molar-refractivity contribution in [2.75, 3.05) is 0 Å². The Morgan fingerprint density at radius 3 is 1.27 bits per heavy atom. The fraction of sp³-hybridized carbons (Fsp3) is 0.286. The van der Waals surface area contributed by atoms with Crippen molar-refractivity contribution in [1.29, 1.82) is 0 Å². The average Bonchev–Trinajstić information content (AvgIpc) is 2.56. The second-order valence-corrected chi connectivity index (χ2v) is 3.94. The Balaban J connectivity index is 2.58. The van der Waals surface area contributed by atoms with Crippen LogP contribution in [0.3, 0.4) is 0 Å². The van der Waals surface area contributed by atoms with Crippen molar-refractivity contribution in [2.24, 2.45) is 0 Å². The summed E-state index contributed by atoms with van der Waals surface area (Å²) in [7, 11) is 0. The number of hydrogen-bond donors (Lipinski definition) is 0. The van der Waals surface area contributed by atoms with Gasteiger partial charge in [-0.05, 0) is 24.3 Å². The zero-order valence-corrected chi connectivity index (χ0v) is 12.0. The van der Waals surface area contributed by atoms with Gasteiger partial charge in [0.1, 0.15) is 0 Å². The highest BCUT2D eigenvalue weighted by atomic mass is 17.2. The van der Waals surface area contributed by atoms with E-state index in [-0.39, 0.29) is 24.0 Å². The lowest BCUT2D eigenvalue weighted by Crippen LogP contribution is -2.12. The number of hydrogen-bond acceptors (Lipinski definition) is 8. The van der Waals surface area contributed by atoms with Crippen molar-refractivity contribution in [3.8, 4) is 0 Å². The standard InChI is InChI=1S/C14H14O8/c1-3-11(15)19-21-13(17)9-5-7-10(8-6-9)14(18)22-20-12(16)4-2/h5-8H,3-4H2,1-2H3. The Bertz CT molecular complexity index is 510. The van der Waals surface area contributed by atoms with E-state index in [2.05, 4.69) is 19.6 Å². The molecule has 0 amide bonds. The van der Waals surface area contributed by atoms with E-state index in [9.17, 15) is 19.2 Å². The molecule has 0 unspecified atom stereocenters. The topological polar surface area (TPSA) is 105 Å². The predicted molar refractivity (Wildman–Crippen MR) is 70.0 cm³/mol. The minimum atomic E-state index is -0.890. The minimum Gasteiger partial charge on any atom is -0.247 e. The van der Waals surface area contributed by atoms with Gasteiger partial charge in [-0.25, -0.2) is 38.7 Å². The van der Waals surface area contributed by atoms with Crippen LogP contribution >= 0.6 is 0 Å². The second kappa shape index (κ2) is 8.40. The second-order valence-electron chi connectivity index (χ2n) is 3.94. The van der Waals surface area contributed by atoms with Crippen LogP contribution < -0.4 is 0 Å². The largest absolute Gasteiger partial charge is 0.386 e. The first-order valence-corrected chi connectivity index (χ1v) is 6.41. The molecule has 1 aromatic rings. The van der Waals surface area contributed by atoms with Gasteiger partial charge in [-0.2, -0.15) is 0 Å². The summed E-state index contributed by atoms with van der Waals surface area (Å²) in [6.45, 7) is 3.09. The van der Waals surface area contributed by atoms with Crippen molar-refractivity contribution in [1.82, 2.24) is 0 Å². The Morgan fingerprint density at radius 1 is 0.682 bits per heavy atom. The average molecular weight is 310 g/mol. The van der Waals surface area contributed by atoms with E-state index in [1.165, 1.54) is 24.3 Å². The summed E-state index contributed by atoms with van der Waals surface area (Å²) in [6.07, 6.45) is 0.128. The van der Waals surface area contributed by atoms with Crippen LogP contribution in [-0.2, 0) is 29.1 Å². The van der Waals surface area contributed by atoms with Crippen LogP contribution in [0.4, 0.5) is 0 Å². The first kappa shape index (κ1) is 17.2. The molecule has 0 atom stereocenters. The van der Waals surface area contributed by atoms with Gasteiger partial charge >= 0.3 is 23.9 Å². The molecule has 1 aromatic carbocycles. The van der Waals surface area contributed by atoms with Crippen LogP contribution in [0.2, 0.25) is 0 Å². The van der Waals surface area contributed by atoms with Crippen LogP contribution in [0.5, 0.6) is 0 Å². The number of benzene rings is 1. The molecule has 0 aliphatic carbocycles. The highest BCUT2D eigenvalue weighted by Gasteiger charge is 2.15. The van der Waals surface area contributed by atoms with Gasteiger partial charge < -0.3 is 0 Å². The van der Waals surface area contributed by atoms with Crippen molar-refractivity contribution in [3.05, 3.63) is 35.4 Å². The molecule has 0 radical (unpaired) electrons. The first-order chi connectivity index (χ1) is 10.5. The lowest BCUT2D eigenvalue weighted by Gasteiger charge is -2.04. The fourth-order valence-corrected chi connectivity index (χ4v) is 1.13. The summed E-state index contributed by atoms with van der Waals surface area (Å²) in [5.41, 5.74) is 0.122. The molecule has 0 aromatic heterocycles. The van der Waals surface area contributed by atoms with Crippen LogP contribution in [0.25, 0.3) is 0 Å². The Hall–Kier alpha value is -2.90. The van der Waals surface area contributed by atoms with Gasteiger partial charge in [0.2, 0.25) is 0 Å². The van der Waals surface area contributed by atoms with Crippen LogP contribution in [0.15, 0.2) is 24.3 Å². The molecule has 22 heavy (non-hydrogen) atoms. The summed E-state index contributed by atoms with van der Waals surface area (Å²) in [5, 5.41) is 0. The molecular formula is C14H14O8. The summed E-state index contributed by atoms with van der Waals surface area (Å²) < 4.78 is 0. The molecule has 0 bridgehead atoms. The van der Waals surface area contributed by atoms with Crippen LogP contribution in [-0.4, -0.2) is 23.9 Å². The number of carbonyl (C=O) groups is 4. The summed E-state index contributed by atoms with van der Waals surface area (Å²) >= 11 is 0. The van der Waals surface area contributed by atoms with E-state index in [4.69, 9.17) is 0 Å². The van der Waals surface area contributed by atoms with Crippen molar-refractivity contribution in [3.63, 3.8) is 0 Å². The molecule has 0 aliphatic heterocycles. The number of carbonyl (C=O) groups excluding carboxylic acids is 4. The van der Waals surface area contributed by atoms with Gasteiger partial charge in [-0.3, -0.25) is 0 Å². The van der Waals surface area contributed by atoms with Crippen molar-refractivity contribution < 1.29 is 38.7 Å². The van der Waals surface area contributed by atoms with E-state index in [1.54, 1.807) is 13.8 Å². The summed E-state index contributed by atoms with van der Waals surface area (Å²) in [4.78, 5) is 61.8. The van der Waals surface area contributed by atoms with Crippen LogP contribution in [0, 0.1) is 0 Å². The van der Waals surface area contributed by atoms with Gasteiger partial charge in [0.25, 0.3) is 0 Å². The third-order valence-electron chi connectivity index (χ3n) is 2.35. The minimum absolute atomic E-state index is 0.0611. The Kier molecular flexibility index (Phi) is 6.55.